The third-order valence-corrected chi connectivity index (χ3v) is 3.39. The van der Waals surface area contributed by atoms with Crippen LogP contribution in [0.4, 0.5) is 14.5 Å². The first-order valence-electron chi connectivity index (χ1n) is 5.41. The molecule has 17 heavy (non-hydrogen) atoms. The van der Waals surface area contributed by atoms with E-state index in [9.17, 15) is 13.9 Å². The Kier molecular flexibility index (Phi) is 4.89. The Morgan fingerprint density at radius 1 is 1.35 bits per heavy atom. The Balaban J connectivity index is 2.83. The van der Waals surface area contributed by atoms with Crippen LogP contribution in [0.5, 0.6) is 0 Å². The molecular formula is C12H16BrF2NO. The molecule has 0 aliphatic rings. The summed E-state index contributed by atoms with van der Waals surface area (Å²) in [5, 5.41) is 11.9. The van der Waals surface area contributed by atoms with Crippen LogP contribution in [0.15, 0.2) is 16.6 Å². The summed E-state index contributed by atoms with van der Waals surface area (Å²) < 4.78 is 27.4. The van der Waals surface area contributed by atoms with E-state index in [-0.39, 0.29) is 17.7 Å². The van der Waals surface area contributed by atoms with Gasteiger partial charge < -0.3 is 10.4 Å². The topological polar surface area (TPSA) is 32.3 Å². The Morgan fingerprint density at radius 2 is 1.88 bits per heavy atom. The summed E-state index contributed by atoms with van der Waals surface area (Å²) in [6.45, 7) is 4.06. The number of halogens is 3. The van der Waals surface area contributed by atoms with Gasteiger partial charge in [0.2, 0.25) is 0 Å². The van der Waals surface area contributed by atoms with Gasteiger partial charge in [0.25, 0.3) is 0 Å². The van der Waals surface area contributed by atoms with Crippen molar-refractivity contribution in [2.45, 2.75) is 20.3 Å². The molecule has 0 spiro atoms. The molecule has 0 aliphatic carbocycles. The Bertz CT molecular complexity index is 371. The standard InChI is InChI=1S/C12H16BrF2NO/c1-3-12(2,7-17)6-16-11-9(14)4-8(13)5-10(11)15/h4-5,16-17H,3,6-7H2,1-2H3. The first-order chi connectivity index (χ1) is 7.91. The number of nitrogens with one attached hydrogen (secondary N) is 1. The van der Waals surface area contributed by atoms with Crippen molar-refractivity contribution in [2.24, 2.45) is 5.41 Å². The lowest BCUT2D eigenvalue weighted by Gasteiger charge is -2.26. The summed E-state index contributed by atoms with van der Waals surface area (Å²) in [7, 11) is 0. The predicted octanol–water partition coefficient (Wildman–Crippen LogP) is 3.55. The number of aliphatic hydroxyl groups excluding tert-OH is 1. The first-order valence-corrected chi connectivity index (χ1v) is 6.20. The molecule has 0 heterocycles. The van der Waals surface area contributed by atoms with E-state index in [1.165, 1.54) is 12.1 Å². The molecule has 1 rings (SSSR count). The Labute approximate surface area is 108 Å². The van der Waals surface area contributed by atoms with Crippen LogP contribution in [0.1, 0.15) is 20.3 Å². The molecule has 0 fully saturated rings. The monoisotopic (exact) mass is 307 g/mol. The fourth-order valence-corrected chi connectivity index (χ4v) is 1.71. The Hall–Kier alpha value is -0.680. The predicted molar refractivity (Wildman–Crippen MR) is 68.0 cm³/mol. The van der Waals surface area contributed by atoms with E-state index in [2.05, 4.69) is 21.2 Å². The third kappa shape index (κ3) is 3.64. The number of anilines is 1. The largest absolute Gasteiger partial charge is 0.396 e. The average molecular weight is 308 g/mol. The molecule has 0 aromatic heterocycles. The molecule has 0 radical (unpaired) electrons. The molecule has 0 amide bonds. The van der Waals surface area contributed by atoms with Crippen LogP contribution in [0.25, 0.3) is 0 Å². The van der Waals surface area contributed by atoms with Gasteiger partial charge in [0, 0.05) is 16.4 Å². The van der Waals surface area contributed by atoms with E-state index in [1.54, 1.807) is 0 Å². The maximum Gasteiger partial charge on any atom is 0.150 e. The first kappa shape index (κ1) is 14.4. The van der Waals surface area contributed by atoms with Crippen molar-refractivity contribution in [2.75, 3.05) is 18.5 Å². The van der Waals surface area contributed by atoms with Gasteiger partial charge in [0.05, 0.1) is 6.61 Å². The summed E-state index contributed by atoms with van der Waals surface area (Å²) in [4.78, 5) is 0. The quantitative estimate of drug-likeness (QED) is 0.872. The molecule has 1 atom stereocenters. The minimum Gasteiger partial charge on any atom is -0.396 e. The van der Waals surface area contributed by atoms with E-state index >= 15 is 0 Å². The van der Waals surface area contributed by atoms with E-state index < -0.39 is 11.6 Å². The minimum absolute atomic E-state index is 0.0315. The third-order valence-electron chi connectivity index (χ3n) is 2.93. The lowest BCUT2D eigenvalue weighted by molar-refractivity contribution is 0.149. The van der Waals surface area contributed by atoms with Gasteiger partial charge >= 0.3 is 0 Å². The molecule has 1 unspecified atom stereocenters. The van der Waals surface area contributed by atoms with E-state index in [1.807, 2.05) is 13.8 Å². The highest BCUT2D eigenvalue weighted by molar-refractivity contribution is 9.10. The van der Waals surface area contributed by atoms with Crippen LogP contribution in [0, 0.1) is 17.0 Å². The second-order valence-electron chi connectivity index (χ2n) is 4.42. The zero-order valence-electron chi connectivity index (χ0n) is 9.86. The van der Waals surface area contributed by atoms with E-state index in [0.717, 1.165) is 6.42 Å². The van der Waals surface area contributed by atoms with Gasteiger partial charge in [-0.1, -0.05) is 29.8 Å². The number of benzene rings is 1. The van der Waals surface area contributed by atoms with Crippen LogP contribution < -0.4 is 5.32 Å². The van der Waals surface area contributed by atoms with Crippen molar-refractivity contribution in [3.8, 4) is 0 Å². The highest BCUT2D eigenvalue weighted by Gasteiger charge is 2.22. The summed E-state index contributed by atoms with van der Waals surface area (Å²) in [6, 6.07) is 2.40. The molecule has 0 saturated carbocycles. The molecule has 0 saturated heterocycles. The summed E-state index contributed by atoms with van der Waals surface area (Å²) in [6.07, 6.45) is 0.719. The smallest absolute Gasteiger partial charge is 0.150 e. The van der Waals surface area contributed by atoms with Gasteiger partial charge in [-0.05, 0) is 18.6 Å². The molecule has 0 aliphatic heterocycles. The van der Waals surface area contributed by atoms with Crippen molar-refractivity contribution < 1.29 is 13.9 Å². The Morgan fingerprint density at radius 3 is 2.29 bits per heavy atom. The minimum atomic E-state index is -0.645. The zero-order valence-corrected chi connectivity index (χ0v) is 11.4. The van der Waals surface area contributed by atoms with Crippen molar-refractivity contribution in [1.29, 1.82) is 0 Å². The maximum absolute atomic E-state index is 13.5. The number of hydrogen-bond donors (Lipinski definition) is 2. The fourth-order valence-electron chi connectivity index (χ4n) is 1.31. The van der Waals surface area contributed by atoms with Crippen molar-refractivity contribution in [3.05, 3.63) is 28.2 Å². The molecule has 96 valence electrons. The molecule has 1 aromatic rings. The van der Waals surface area contributed by atoms with Gasteiger partial charge in [-0.3, -0.25) is 0 Å². The second-order valence-corrected chi connectivity index (χ2v) is 5.34. The van der Waals surface area contributed by atoms with Gasteiger partial charge in [0.15, 0.2) is 0 Å². The zero-order chi connectivity index (χ0) is 13.1. The van der Waals surface area contributed by atoms with Gasteiger partial charge in [-0.2, -0.15) is 0 Å². The van der Waals surface area contributed by atoms with E-state index in [4.69, 9.17) is 0 Å². The lowest BCUT2D eigenvalue weighted by atomic mass is 9.88. The van der Waals surface area contributed by atoms with Crippen LogP contribution in [-0.2, 0) is 0 Å². The van der Waals surface area contributed by atoms with E-state index in [0.29, 0.717) is 11.0 Å². The summed E-state index contributed by atoms with van der Waals surface area (Å²) in [5.41, 5.74) is -0.535. The number of aliphatic hydroxyl groups is 1. The second kappa shape index (κ2) is 5.78. The molecule has 2 nitrogen and oxygen atoms in total. The van der Waals surface area contributed by atoms with Crippen molar-refractivity contribution in [1.82, 2.24) is 0 Å². The highest BCUT2D eigenvalue weighted by Crippen LogP contribution is 2.26. The number of hydrogen-bond acceptors (Lipinski definition) is 2. The lowest BCUT2D eigenvalue weighted by Crippen LogP contribution is -2.30. The van der Waals surface area contributed by atoms with Crippen LogP contribution in [0.3, 0.4) is 0 Å². The molecule has 1 aromatic carbocycles. The SMILES string of the molecule is CCC(C)(CO)CNc1c(F)cc(Br)cc1F. The maximum atomic E-state index is 13.5. The van der Waals surface area contributed by atoms with Crippen molar-refractivity contribution in [3.63, 3.8) is 0 Å². The normalized spacial score (nSPS) is 14.5. The van der Waals surface area contributed by atoms with Crippen molar-refractivity contribution >= 4 is 21.6 Å². The summed E-state index contributed by atoms with van der Waals surface area (Å²) >= 11 is 3.02. The summed E-state index contributed by atoms with van der Waals surface area (Å²) in [5.74, 6) is -1.29. The van der Waals surface area contributed by atoms with Gasteiger partial charge in [0.1, 0.15) is 17.3 Å². The van der Waals surface area contributed by atoms with Crippen LogP contribution in [0.2, 0.25) is 0 Å². The molecule has 2 N–H and O–H groups in total. The molecule has 0 bridgehead atoms. The van der Waals surface area contributed by atoms with Gasteiger partial charge in [-0.15, -0.1) is 0 Å². The number of rotatable bonds is 5. The van der Waals surface area contributed by atoms with Crippen LogP contribution in [-0.4, -0.2) is 18.3 Å². The molecular weight excluding hydrogens is 292 g/mol. The highest BCUT2D eigenvalue weighted by atomic mass is 79.9. The average Bonchev–Trinajstić information content (AvgIpc) is 2.27. The molecule has 5 heteroatoms. The van der Waals surface area contributed by atoms with Crippen LogP contribution >= 0.6 is 15.9 Å². The van der Waals surface area contributed by atoms with Gasteiger partial charge in [-0.25, -0.2) is 8.78 Å². The fraction of sp³-hybridized carbons (Fsp3) is 0.500.